The van der Waals surface area contributed by atoms with Gasteiger partial charge in [-0.3, -0.25) is 24.2 Å². The Bertz CT molecular complexity index is 1180. The van der Waals surface area contributed by atoms with Gasteiger partial charge in [-0.15, -0.1) is 0 Å². The molecule has 0 bridgehead atoms. The third kappa shape index (κ3) is 3.38. The largest absolute Gasteiger partial charge is 0.481 e. The number of nitro groups is 1. The molecule has 0 spiro atoms. The van der Waals surface area contributed by atoms with Gasteiger partial charge < -0.3 is 4.74 Å². The van der Waals surface area contributed by atoms with Crippen molar-refractivity contribution in [2.45, 2.75) is 26.4 Å². The van der Waals surface area contributed by atoms with E-state index < -0.39 is 26.1 Å². The van der Waals surface area contributed by atoms with Crippen molar-refractivity contribution < 1.29 is 18.1 Å². The fourth-order valence-electron chi connectivity index (χ4n) is 3.20. The van der Waals surface area contributed by atoms with E-state index in [4.69, 9.17) is 4.74 Å². The molecule has 148 valence electrons. The molecule has 0 unspecified atom stereocenters. The summed E-state index contributed by atoms with van der Waals surface area (Å²) in [6.07, 6.45) is 2.46. The van der Waals surface area contributed by atoms with E-state index in [9.17, 15) is 23.3 Å². The van der Waals surface area contributed by atoms with Crippen molar-refractivity contribution >= 4 is 21.4 Å². The number of hydrogen-bond acceptors (Lipinski definition) is 6. The summed E-state index contributed by atoms with van der Waals surface area (Å²) in [5, 5.41) is 11.4. The number of fused-ring (bicyclic) bond motifs is 1. The zero-order chi connectivity index (χ0) is 20.9. The van der Waals surface area contributed by atoms with Gasteiger partial charge in [-0.1, -0.05) is 6.07 Å². The van der Waals surface area contributed by atoms with Gasteiger partial charge in [0.1, 0.15) is 11.4 Å². The highest BCUT2D eigenvalue weighted by molar-refractivity contribution is 7.88. The van der Waals surface area contributed by atoms with Crippen LogP contribution in [0.4, 0.5) is 5.69 Å². The lowest BCUT2D eigenvalue weighted by molar-refractivity contribution is -0.385. The van der Waals surface area contributed by atoms with Crippen molar-refractivity contribution in [3.8, 4) is 5.75 Å². The minimum Gasteiger partial charge on any atom is -0.481 e. The number of hydrogen-bond donors (Lipinski definition) is 1. The van der Waals surface area contributed by atoms with E-state index in [2.05, 4.69) is 4.72 Å². The molecular weight excluding hydrogens is 386 g/mol. The molecular formula is C18H19N3O6S. The number of rotatable bonds is 4. The number of nitro benzene ring substituents is 1. The standard InChI is InChI=1S/C18H19N3O6S/c1-11-12(21(23)24)8-9-13-15(11)16(20-10-6-5-7-14(20)22)17(18(2,3)27-13)19-28(4,25)26/h5-10,19H,1-4H3. The maximum Gasteiger partial charge on any atom is 0.273 e. The second-order valence-corrected chi connectivity index (χ2v) is 8.71. The van der Waals surface area contributed by atoms with Gasteiger partial charge in [0.2, 0.25) is 10.0 Å². The van der Waals surface area contributed by atoms with Crippen LogP contribution in [-0.2, 0) is 10.0 Å². The topological polar surface area (TPSA) is 121 Å². The first-order valence-electron chi connectivity index (χ1n) is 8.30. The average molecular weight is 405 g/mol. The number of pyridine rings is 1. The highest BCUT2D eigenvalue weighted by atomic mass is 32.2. The number of aromatic nitrogens is 1. The van der Waals surface area contributed by atoms with Gasteiger partial charge in [-0.25, -0.2) is 8.42 Å². The van der Waals surface area contributed by atoms with Gasteiger partial charge in [0.15, 0.2) is 0 Å². The van der Waals surface area contributed by atoms with Crippen molar-refractivity contribution in [2.75, 3.05) is 6.26 Å². The quantitative estimate of drug-likeness (QED) is 0.613. The Hall–Kier alpha value is -3.14. The summed E-state index contributed by atoms with van der Waals surface area (Å²) in [7, 11) is -3.73. The Kier molecular flexibility index (Phi) is 4.54. The Morgan fingerprint density at radius 2 is 1.89 bits per heavy atom. The Labute approximate surface area is 161 Å². The zero-order valence-electron chi connectivity index (χ0n) is 15.7. The molecule has 1 N–H and O–H groups in total. The molecule has 2 aromatic rings. The molecule has 0 saturated heterocycles. The predicted octanol–water partition coefficient (Wildman–Crippen LogP) is 2.00. The normalized spacial score (nSPS) is 15.6. The highest BCUT2D eigenvalue weighted by Gasteiger charge is 2.39. The van der Waals surface area contributed by atoms with Crippen LogP contribution in [0.5, 0.6) is 5.75 Å². The van der Waals surface area contributed by atoms with Crippen LogP contribution in [0.2, 0.25) is 0 Å². The average Bonchev–Trinajstić information content (AvgIpc) is 2.55. The van der Waals surface area contributed by atoms with Gasteiger partial charge in [0.25, 0.3) is 11.2 Å². The molecule has 1 aliphatic rings. The molecule has 10 heteroatoms. The minimum absolute atomic E-state index is 0.111. The smallest absolute Gasteiger partial charge is 0.273 e. The van der Waals surface area contributed by atoms with Crippen LogP contribution < -0.4 is 15.0 Å². The number of nitrogens with zero attached hydrogens (tertiary/aromatic N) is 2. The van der Waals surface area contributed by atoms with E-state index in [1.807, 2.05) is 0 Å². The second kappa shape index (κ2) is 6.48. The summed E-state index contributed by atoms with van der Waals surface area (Å²) >= 11 is 0. The first kappa shape index (κ1) is 19.6. The Balaban J connectivity index is 2.50. The first-order chi connectivity index (χ1) is 12.9. The fourth-order valence-corrected chi connectivity index (χ4v) is 3.91. The monoisotopic (exact) mass is 405 g/mol. The Morgan fingerprint density at radius 1 is 1.21 bits per heavy atom. The van der Waals surface area contributed by atoms with Crippen LogP contribution in [0.15, 0.2) is 47.0 Å². The molecule has 28 heavy (non-hydrogen) atoms. The van der Waals surface area contributed by atoms with E-state index in [1.165, 1.54) is 35.9 Å². The molecule has 1 aromatic heterocycles. The summed E-state index contributed by atoms with van der Waals surface area (Å²) in [6, 6.07) is 7.26. The van der Waals surface area contributed by atoms with E-state index >= 15 is 0 Å². The van der Waals surface area contributed by atoms with Crippen LogP contribution >= 0.6 is 0 Å². The minimum atomic E-state index is -3.73. The number of benzene rings is 1. The lowest BCUT2D eigenvalue weighted by Gasteiger charge is -2.37. The van der Waals surface area contributed by atoms with Crippen LogP contribution in [-0.4, -0.2) is 29.8 Å². The van der Waals surface area contributed by atoms with Gasteiger partial charge in [-0.05, 0) is 32.9 Å². The third-order valence-electron chi connectivity index (χ3n) is 4.39. The zero-order valence-corrected chi connectivity index (χ0v) is 16.5. The summed E-state index contributed by atoms with van der Waals surface area (Å²) in [6.45, 7) is 4.83. The number of sulfonamides is 1. The summed E-state index contributed by atoms with van der Waals surface area (Å²) in [5.74, 6) is 0.318. The summed E-state index contributed by atoms with van der Waals surface area (Å²) in [5.41, 5.74) is -0.877. The van der Waals surface area contributed by atoms with Crippen molar-refractivity contribution in [3.63, 3.8) is 0 Å². The van der Waals surface area contributed by atoms with Crippen molar-refractivity contribution in [1.82, 2.24) is 9.29 Å². The van der Waals surface area contributed by atoms with Crippen LogP contribution in [0, 0.1) is 17.0 Å². The second-order valence-electron chi connectivity index (χ2n) is 6.96. The molecule has 1 aromatic carbocycles. The van der Waals surface area contributed by atoms with E-state index in [1.54, 1.807) is 26.0 Å². The SMILES string of the molecule is Cc1c([N+](=O)[O-])ccc2c1C(n1ccccc1=O)=C(NS(C)(=O)=O)C(C)(C)O2. The molecule has 0 amide bonds. The Morgan fingerprint density at radius 3 is 2.46 bits per heavy atom. The lowest BCUT2D eigenvalue weighted by Crippen LogP contribution is -2.44. The first-order valence-corrected chi connectivity index (χ1v) is 10.2. The third-order valence-corrected chi connectivity index (χ3v) is 4.96. The van der Waals surface area contributed by atoms with Gasteiger partial charge in [0, 0.05) is 23.9 Å². The molecule has 0 saturated carbocycles. The highest BCUT2D eigenvalue weighted by Crippen LogP contribution is 2.44. The lowest BCUT2D eigenvalue weighted by atomic mass is 9.92. The predicted molar refractivity (Wildman–Crippen MR) is 104 cm³/mol. The van der Waals surface area contributed by atoms with Crippen molar-refractivity contribution in [1.29, 1.82) is 0 Å². The van der Waals surface area contributed by atoms with E-state index in [-0.39, 0.29) is 28.2 Å². The van der Waals surface area contributed by atoms with Crippen LogP contribution in [0.25, 0.3) is 5.70 Å². The molecule has 0 aliphatic carbocycles. The van der Waals surface area contributed by atoms with Gasteiger partial charge in [-0.2, -0.15) is 0 Å². The van der Waals surface area contributed by atoms with Crippen molar-refractivity contribution in [2.24, 2.45) is 0 Å². The summed E-state index contributed by atoms with van der Waals surface area (Å²) in [4.78, 5) is 23.4. The maximum atomic E-state index is 12.6. The number of ether oxygens (including phenoxy) is 1. The summed E-state index contributed by atoms with van der Waals surface area (Å²) < 4.78 is 33.7. The molecule has 0 atom stereocenters. The fraction of sp³-hybridized carbons (Fsp3) is 0.278. The van der Waals surface area contributed by atoms with Crippen molar-refractivity contribution in [3.05, 3.63) is 73.8 Å². The van der Waals surface area contributed by atoms with E-state index in [0.717, 1.165) is 6.26 Å². The van der Waals surface area contributed by atoms with Gasteiger partial charge >= 0.3 is 0 Å². The number of nitrogens with one attached hydrogen (secondary N) is 1. The van der Waals surface area contributed by atoms with E-state index in [0.29, 0.717) is 5.75 Å². The molecule has 9 nitrogen and oxygen atoms in total. The molecule has 1 aliphatic heterocycles. The molecule has 0 fully saturated rings. The van der Waals surface area contributed by atoms with Crippen LogP contribution in [0.3, 0.4) is 0 Å². The molecule has 0 radical (unpaired) electrons. The van der Waals surface area contributed by atoms with Crippen LogP contribution in [0.1, 0.15) is 25.0 Å². The maximum absolute atomic E-state index is 12.6. The van der Waals surface area contributed by atoms with Gasteiger partial charge in [0.05, 0.1) is 28.1 Å². The molecule has 2 heterocycles. The molecule has 3 rings (SSSR count).